The summed E-state index contributed by atoms with van der Waals surface area (Å²) in [5, 5.41) is 9.44. The lowest BCUT2D eigenvalue weighted by atomic mass is 9.99. The van der Waals surface area contributed by atoms with Crippen molar-refractivity contribution in [3.05, 3.63) is 29.8 Å². The lowest BCUT2D eigenvalue weighted by Gasteiger charge is -2.35. The van der Waals surface area contributed by atoms with Gasteiger partial charge >= 0.3 is 0 Å². The van der Waals surface area contributed by atoms with Crippen molar-refractivity contribution >= 4 is 17.5 Å². The summed E-state index contributed by atoms with van der Waals surface area (Å²) >= 11 is 5.80. The molecule has 0 aliphatic carbocycles. The van der Waals surface area contributed by atoms with Gasteiger partial charge in [-0.1, -0.05) is 6.07 Å². The van der Waals surface area contributed by atoms with Gasteiger partial charge < -0.3 is 10.0 Å². The van der Waals surface area contributed by atoms with Gasteiger partial charge in [-0.2, -0.15) is 0 Å². The third-order valence-electron chi connectivity index (χ3n) is 3.42. The van der Waals surface area contributed by atoms with Crippen molar-refractivity contribution in [3.63, 3.8) is 0 Å². The average molecular weight is 268 g/mol. The van der Waals surface area contributed by atoms with E-state index in [9.17, 15) is 9.90 Å². The Bertz CT molecular complexity index is 420. The Balaban J connectivity index is 2.15. The molecule has 1 aliphatic heterocycles. The van der Waals surface area contributed by atoms with Crippen molar-refractivity contribution in [3.8, 4) is 5.75 Å². The molecule has 1 aromatic rings. The molecule has 1 aromatic carbocycles. The van der Waals surface area contributed by atoms with Crippen LogP contribution >= 0.6 is 11.6 Å². The van der Waals surface area contributed by atoms with Crippen LogP contribution in [0.3, 0.4) is 0 Å². The lowest BCUT2D eigenvalue weighted by molar-refractivity contribution is 0.0609. The van der Waals surface area contributed by atoms with Gasteiger partial charge in [-0.15, -0.1) is 11.6 Å². The van der Waals surface area contributed by atoms with Crippen molar-refractivity contribution in [2.75, 3.05) is 12.4 Å². The number of piperidine rings is 1. The Morgan fingerprint density at radius 3 is 3.00 bits per heavy atom. The summed E-state index contributed by atoms with van der Waals surface area (Å²) in [6, 6.07) is 6.78. The molecule has 1 N–H and O–H groups in total. The van der Waals surface area contributed by atoms with Crippen LogP contribution in [0.2, 0.25) is 0 Å². The minimum absolute atomic E-state index is 0.000664. The zero-order chi connectivity index (χ0) is 13.0. The van der Waals surface area contributed by atoms with Crippen molar-refractivity contribution < 1.29 is 9.90 Å². The van der Waals surface area contributed by atoms with Gasteiger partial charge in [-0.05, 0) is 43.9 Å². The number of phenolic OH excluding ortho intramolecular Hbond substituents is 1. The van der Waals surface area contributed by atoms with Gasteiger partial charge in [-0.25, -0.2) is 0 Å². The van der Waals surface area contributed by atoms with Gasteiger partial charge in [0, 0.05) is 24.0 Å². The van der Waals surface area contributed by atoms with Crippen molar-refractivity contribution in [1.82, 2.24) is 4.90 Å². The first kappa shape index (κ1) is 13.2. The number of benzene rings is 1. The Kier molecular flexibility index (Phi) is 4.48. The van der Waals surface area contributed by atoms with Crippen LogP contribution in [0, 0.1) is 0 Å². The van der Waals surface area contributed by atoms with E-state index in [4.69, 9.17) is 11.6 Å². The van der Waals surface area contributed by atoms with Crippen LogP contribution in [-0.2, 0) is 0 Å². The second-order valence-corrected chi connectivity index (χ2v) is 5.05. The number of rotatable bonds is 3. The van der Waals surface area contributed by atoms with Crippen LogP contribution in [0.4, 0.5) is 0 Å². The topological polar surface area (TPSA) is 40.5 Å². The van der Waals surface area contributed by atoms with Crippen molar-refractivity contribution in [2.45, 2.75) is 31.7 Å². The Morgan fingerprint density at radius 1 is 1.44 bits per heavy atom. The van der Waals surface area contributed by atoms with Gasteiger partial charge in [0.15, 0.2) is 0 Å². The number of carbonyl (C=O) groups is 1. The Hall–Kier alpha value is -1.22. The fraction of sp³-hybridized carbons (Fsp3) is 0.500. The minimum Gasteiger partial charge on any atom is -0.508 e. The first-order valence-electron chi connectivity index (χ1n) is 6.38. The minimum atomic E-state index is 0.000664. The van der Waals surface area contributed by atoms with E-state index in [-0.39, 0.29) is 17.7 Å². The van der Waals surface area contributed by atoms with E-state index in [0.717, 1.165) is 32.2 Å². The molecule has 0 aromatic heterocycles. The molecule has 18 heavy (non-hydrogen) atoms. The maximum absolute atomic E-state index is 12.4. The fourth-order valence-corrected chi connectivity index (χ4v) is 2.75. The lowest BCUT2D eigenvalue weighted by Crippen LogP contribution is -2.43. The monoisotopic (exact) mass is 267 g/mol. The number of hydrogen-bond acceptors (Lipinski definition) is 2. The molecule has 1 atom stereocenters. The van der Waals surface area contributed by atoms with Crippen molar-refractivity contribution in [1.29, 1.82) is 0 Å². The standard InChI is InChI=1S/C14H18ClNO2/c15-8-7-12-5-1-2-9-16(12)14(18)11-4-3-6-13(17)10-11/h3-4,6,10,12,17H,1-2,5,7-9H2. The third kappa shape index (κ3) is 2.96. The largest absolute Gasteiger partial charge is 0.508 e. The van der Waals surface area contributed by atoms with E-state index in [2.05, 4.69) is 0 Å². The number of hydrogen-bond donors (Lipinski definition) is 1. The number of aromatic hydroxyl groups is 1. The normalized spacial score (nSPS) is 19.8. The van der Waals surface area contributed by atoms with Gasteiger partial charge in [0.25, 0.3) is 5.91 Å². The summed E-state index contributed by atoms with van der Waals surface area (Å²) in [6.07, 6.45) is 4.07. The molecule has 2 rings (SSSR count). The molecule has 0 radical (unpaired) electrons. The van der Waals surface area contributed by atoms with E-state index in [1.165, 1.54) is 6.07 Å². The number of nitrogens with zero attached hydrogens (tertiary/aromatic N) is 1. The number of amides is 1. The van der Waals surface area contributed by atoms with E-state index >= 15 is 0 Å². The molecule has 0 saturated carbocycles. The predicted octanol–water partition coefficient (Wildman–Crippen LogP) is 3.02. The van der Waals surface area contributed by atoms with Gasteiger partial charge in [0.05, 0.1) is 0 Å². The van der Waals surface area contributed by atoms with Gasteiger partial charge in [0.1, 0.15) is 5.75 Å². The van der Waals surface area contributed by atoms with E-state index < -0.39 is 0 Å². The fourth-order valence-electron chi connectivity index (χ4n) is 2.50. The molecule has 0 spiro atoms. The maximum atomic E-state index is 12.4. The number of carbonyl (C=O) groups excluding carboxylic acids is 1. The second-order valence-electron chi connectivity index (χ2n) is 4.68. The molecule has 1 aliphatic rings. The quantitative estimate of drug-likeness (QED) is 0.856. The highest BCUT2D eigenvalue weighted by molar-refractivity contribution is 6.17. The van der Waals surface area contributed by atoms with E-state index in [1.807, 2.05) is 4.90 Å². The summed E-state index contributed by atoms with van der Waals surface area (Å²) in [5.41, 5.74) is 0.552. The average Bonchev–Trinajstić information content (AvgIpc) is 2.39. The maximum Gasteiger partial charge on any atom is 0.254 e. The molecule has 1 unspecified atom stereocenters. The molecule has 1 heterocycles. The molecular formula is C14H18ClNO2. The van der Waals surface area contributed by atoms with Crippen LogP contribution in [0.1, 0.15) is 36.0 Å². The molecule has 98 valence electrons. The summed E-state index contributed by atoms with van der Waals surface area (Å²) in [6.45, 7) is 0.788. The van der Waals surface area contributed by atoms with Crippen LogP contribution < -0.4 is 0 Å². The van der Waals surface area contributed by atoms with Crippen LogP contribution in [0.15, 0.2) is 24.3 Å². The Labute approximate surface area is 112 Å². The van der Waals surface area contributed by atoms with E-state index in [1.54, 1.807) is 18.2 Å². The van der Waals surface area contributed by atoms with Gasteiger partial charge in [-0.3, -0.25) is 4.79 Å². The molecule has 1 saturated heterocycles. The van der Waals surface area contributed by atoms with Gasteiger partial charge in [0.2, 0.25) is 0 Å². The number of likely N-dealkylation sites (tertiary alicyclic amines) is 1. The van der Waals surface area contributed by atoms with Crippen molar-refractivity contribution in [2.24, 2.45) is 0 Å². The highest BCUT2D eigenvalue weighted by Crippen LogP contribution is 2.23. The summed E-state index contributed by atoms with van der Waals surface area (Å²) in [7, 11) is 0. The number of halogens is 1. The first-order chi connectivity index (χ1) is 8.72. The molecule has 1 fully saturated rings. The second kappa shape index (κ2) is 6.10. The smallest absolute Gasteiger partial charge is 0.254 e. The summed E-state index contributed by atoms with van der Waals surface area (Å²) in [4.78, 5) is 14.3. The summed E-state index contributed by atoms with van der Waals surface area (Å²) in [5.74, 6) is 0.710. The number of alkyl halides is 1. The SMILES string of the molecule is O=C(c1cccc(O)c1)N1CCCCC1CCCl. The van der Waals surface area contributed by atoms with Crippen LogP contribution in [-0.4, -0.2) is 34.4 Å². The van der Waals surface area contributed by atoms with Crippen LogP contribution in [0.25, 0.3) is 0 Å². The molecular weight excluding hydrogens is 250 g/mol. The molecule has 1 amide bonds. The Morgan fingerprint density at radius 2 is 2.28 bits per heavy atom. The highest BCUT2D eigenvalue weighted by Gasteiger charge is 2.26. The summed E-state index contributed by atoms with van der Waals surface area (Å²) < 4.78 is 0. The molecule has 0 bridgehead atoms. The predicted molar refractivity (Wildman–Crippen MR) is 72.1 cm³/mol. The first-order valence-corrected chi connectivity index (χ1v) is 6.92. The number of phenols is 1. The van der Waals surface area contributed by atoms with E-state index in [0.29, 0.717) is 11.4 Å². The highest BCUT2D eigenvalue weighted by atomic mass is 35.5. The zero-order valence-corrected chi connectivity index (χ0v) is 11.1. The van der Waals surface area contributed by atoms with Crippen LogP contribution in [0.5, 0.6) is 5.75 Å². The third-order valence-corrected chi connectivity index (χ3v) is 3.64. The molecule has 4 heteroatoms. The molecule has 3 nitrogen and oxygen atoms in total. The zero-order valence-electron chi connectivity index (χ0n) is 10.3.